The normalized spacial score (nSPS) is 16.0. The van der Waals surface area contributed by atoms with Crippen LogP contribution < -0.4 is 5.32 Å². The van der Waals surface area contributed by atoms with Crippen molar-refractivity contribution in [3.05, 3.63) is 70.9 Å². The number of nitrogens with zero attached hydrogens (tertiary/aromatic N) is 1. The summed E-state index contributed by atoms with van der Waals surface area (Å²) in [7, 11) is 0. The third-order valence-electron chi connectivity index (χ3n) is 5.08. The zero-order chi connectivity index (χ0) is 17.9. The molecule has 4 rings (SSSR count). The maximum atomic E-state index is 12.7. The van der Waals surface area contributed by atoms with Crippen molar-refractivity contribution in [2.24, 2.45) is 0 Å². The molecule has 3 aromatic rings. The fraction of sp³-hybridized carbons (Fsp3) is 0.286. The zero-order valence-electron chi connectivity index (χ0n) is 14.5. The zero-order valence-corrected chi connectivity index (χ0v) is 15.3. The van der Waals surface area contributed by atoms with Crippen LogP contribution in [0.4, 0.5) is 0 Å². The van der Waals surface area contributed by atoms with Gasteiger partial charge in [-0.05, 0) is 49.7 Å². The Labute approximate surface area is 158 Å². The number of carbonyl (C=O) groups excluding carboxylic acids is 1. The first kappa shape index (κ1) is 17.1. The van der Waals surface area contributed by atoms with E-state index in [0.717, 1.165) is 34.6 Å². The average molecular weight is 368 g/mol. The number of fused-ring (bicyclic) bond motifs is 1. The number of amides is 1. The number of hydrogen-bond acceptors (Lipinski definition) is 2. The fourth-order valence-electron chi connectivity index (χ4n) is 3.71. The van der Waals surface area contributed by atoms with Gasteiger partial charge >= 0.3 is 0 Å². The lowest BCUT2D eigenvalue weighted by Crippen LogP contribution is -2.37. The van der Waals surface area contributed by atoms with Gasteiger partial charge in [-0.1, -0.05) is 48.0 Å². The highest BCUT2D eigenvalue weighted by atomic mass is 35.5. The van der Waals surface area contributed by atoms with Gasteiger partial charge < -0.3 is 10.3 Å². The SMILES string of the molecule is O=C(NC[C@H](c1ccccc1Cl)N1CCCC1)c1cc2ccccc2[nH]1. The number of rotatable bonds is 5. The van der Waals surface area contributed by atoms with E-state index in [2.05, 4.69) is 21.3 Å². The van der Waals surface area contributed by atoms with Crippen LogP contribution in [0.5, 0.6) is 0 Å². The molecule has 1 fully saturated rings. The molecule has 2 heterocycles. The second-order valence-corrected chi connectivity index (χ2v) is 7.17. The lowest BCUT2D eigenvalue weighted by molar-refractivity contribution is 0.0933. The number of benzene rings is 2. The van der Waals surface area contributed by atoms with Gasteiger partial charge in [-0.2, -0.15) is 0 Å². The largest absolute Gasteiger partial charge is 0.351 e. The monoisotopic (exact) mass is 367 g/mol. The number of likely N-dealkylation sites (tertiary alicyclic amines) is 1. The van der Waals surface area contributed by atoms with Gasteiger partial charge in [0, 0.05) is 22.5 Å². The average Bonchev–Trinajstić information content (AvgIpc) is 3.32. The number of halogens is 1. The molecule has 1 aliphatic rings. The van der Waals surface area contributed by atoms with E-state index >= 15 is 0 Å². The van der Waals surface area contributed by atoms with Crippen LogP contribution in [-0.2, 0) is 0 Å². The van der Waals surface area contributed by atoms with Gasteiger partial charge in [0.15, 0.2) is 0 Å². The summed E-state index contributed by atoms with van der Waals surface area (Å²) in [5, 5.41) is 4.89. The molecule has 2 N–H and O–H groups in total. The van der Waals surface area contributed by atoms with E-state index in [-0.39, 0.29) is 11.9 Å². The molecule has 1 saturated heterocycles. The molecule has 0 saturated carbocycles. The Morgan fingerprint density at radius 1 is 1.12 bits per heavy atom. The van der Waals surface area contributed by atoms with E-state index in [0.29, 0.717) is 12.2 Å². The Kier molecular flexibility index (Phi) is 4.96. The van der Waals surface area contributed by atoms with Gasteiger partial charge in [0.2, 0.25) is 0 Å². The molecule has 1 amide bonds. The van der Waals surface area contributed by atoms with Crippen LogP contribution in [-0.4, -0.2) is 35.4 Å². The van der Waals surface area contributed by atoms with Gasteiger partial charge in [-0.15, -0.1) is 0 Å². The Hall–Kier alpha value is -2.30. The van der Waals surface area contributed by atoms with Crippen molar-refractivity contribution >= 4 is 28.4 Å². The number of H-pyrrole nitrogens is 1. The number of nitrogens with one attached hydrogen (secondary N) is 2. The summed E-state index contributed by atoms with van der Waals surface area (Å²) in [6.07, 6.45) is 2.38. The first-order chi connectivity index (χ1) is 12.7. The topological polar surface area (TPSA) is 48.1 Å². The number of hydrogen-bond donors (Lipinski definition) is 2. The van der Waals surface area contributed by atoms with Crippen LogP contribution >= 0.6 is 11.6 Å². The number of aromatic amines is 1. The summed E-state index contributed by atoms with van der Waals surface area (Å²) in [4.78, 5) is 18.3. The van der Waals surface area contributed by atoms with Gasteiger partial charge in [0.25, 0.3) is 5.91 Å². The molecule has 134 valence electrons. The standard InChI is InChI=1S/C21H22ClN3O/c22-17-9-3-2-8-16(17)20(25-11-5-6-12-25)14-23-21(26)19-13-15-7-1-4-10-18(15)24-19/h1-4,7-10,13,20,24H,5-6,11-12,14H2,(H,23,26)/t20-/m1/s1. The molecule has 0 radical (unpaired) electrons. The minimum absolute atomic E-state index is 0.0857. The van der Waals surface area contributed by atoms with Crippen LogP contribution in [0.2, 0.25) is 5.02 Å². The quantitative estimate of drug-likeness (QED) is 0.702. The predicted octanol–water partition coefficient (Wildman–Crippen LogP) is 4.39. The van der Waals surface area contributed by atoms with E-state index in [1.165, 1.54) is 12.8 Å². The van der Waals surface area contributed by atoms with Crippen molar-refractivity contribution in [2.45, 2.75) is 18.9 Å². The minimum Gasteiger partial charge on any atom is -0.351 e. The Bertz CT molecular complexity index is 881. The van der Waals surface area contributed by atoms with Gasteiger partial charge in [-0.25, -0.2) is 0 Å². The molecule has 26 heavy (non-hydrogen) atoms. The predicted molar refractivity (Wildman–Crippen MR) is 106 cm³/mol. The van der Waals surface area contributed by atoms with Crippen molar-refractivity contribution in [1.29, 1.82) is 0 Å². The van der Waals surface area contributed by atoms with E-state index in [4.69, 9.17) is 11.6 Å². The lowest BCUT2D eigenvalue weighted by Gasteiger charge is -2.28. The van der Waals surface area contributed by atoms with Gasteiger partial charge in [0.1, 0.15) is 5.69 Å². The summed E-state index contributed by atoms with van der Waals surface area (Å²) in [5.74, 6) is -0.0857. The summed E-state index contributed by atoms with van der Waals surface area (Å²) in [6.45, 7) is 2.62. The molecule has 0 aliphatic carbocycles. The number of para-hydroxylation sites is 1. The molecular weight excluding hydrogens is 346 g/mol. The van der Waals surface area contributed by atoms with E-state index in [1.807, 2.05) is 48.5 Å². The van der Waals surface area contributed by atoms with Crippen molar-refractivity contribution in [1.82, 2.24) is 15.2 Å². The van der Waals surface area contributed by atoms with Crippen LogP contribution in [0.25, 0.3) is 10.9 Å². The van der Waals surface area contributed by atoms with Crippen molar-refractivity contribution in [3.63, 3.8) is 0 Å². The van der Waals surface area contributed by atoms with Crippen molar-refractivity contribution in [2.75, 3.05) is 19.6 Å². The van der Waals surface area contributed by atoms with Crippen LogP contribution in [0.3, 0.4) is 0 Å². The van der Waals surface area contributed by atoms with E-state index in [9.17, 15) is 4.79 Å². The summed E-state index contributed by atoms with van der Waals surface area (Å²) in [5.41, 5.74) is 2.64. The molecule has 1 aromatic heterocycles. The molecule has 0 bridgehead atoms. The van der Waals surface area contributed by atoms with Crippen molar-refractivity contribution < 1.29 is 4.79 Å². The number of aromatic nitrogens is 1. The molecule has 0 spiro atoms. The molecule has 1 aliphatic heterocycles. The summed E-state index contributed by atoms with van der Waals surface area (Å²) in [6, 6.07) is 17.8. The first-order valence-corrected chi connectivity index (χ1v) is 9.44. The Morgan fingerprint density at radius 3 is 2.62 bits per heavy atom. The van der Waals surface area contributed by atoms with Crippen molar-refractivity contribution in [3.8, 4) is 0 Å². The highest BCUT2D eigenvalue weighted by Crippen LogP contribution is 2.29. The third kappa shape index (κ3) is 3.48. The fourth-order valence-corrected chi connectivity index (χ4v) is 3.98. The van der Waals surface area contributed by atoms with Gasteiger partial charge in [-0.3, -0.25) is 9.69 Å². The van der Waals surface area contributed by atoms with Crippen LogP contribution in [0.1, 0.15) is 34.9 Å². The Morgan fingerprint density at radius 2 is 1.85 bits per heavy atom. The van der Waals surface area contributed by atoms with Gasteiger partial charge in [0.05, 0.1) is 6.04 Å². The lowest BCUT2D eigenvalue weighted by atomic mass is 10.1. The Balaban J connectivity index is 1.52. The molecule has 4 nitrogen and oxygen atoms in total. The molecule has 0 unspecified atom stereocenters. The minimum atomic E-state index is -0.0857. The van der Waals surface area contributed by atoms with E-state index < -0.39 is 0 Å². The number of carbonyl (C=O) groups is 1. The highest BCUT2D eigenvalue weighted by Gasteiger charge is 2.25. The smallest absolute Gasteiger partial charge is 0.267 e. The second kappa shape index (κ2) is 7.52. The summed E-state index contributed by atoms with van der Waals surface area (Å²) >= 11 is 6.44. The third-order valence-corrected chi connectivity index (χ3v) is 5.42. The van der Waals surface area contributed by atoms with E-state index in [1.54, 1.807) is 0 Å². The van der Waals surface area contributed by atoms with Crippen LogP contribution in [0, 0.1) is 0 Å². The second-order valence-electron chi connectivity index (χ2n) is 6.76. The molecule has 2 aromatic carbocycles. The molecule has 5 heteroatoms. The summed E-state index contributed by atoms with van der Waals surface area (Å²) < 4.78 is 0. The first-order valence-electron chi connectivity index (χ1n) is 9.07. The molecular formula is C21H22ClN3O. The maximum absolute atomic E-state index is 12.7. The maximum Gasteiger partial charge on any atom is 0.267 e. The highest BCUT2D eigenvalue weighted by molar-refractivity contribution is 6.31. The molecule has 1 atom stereocenters. The van der Waals surface area contributed by atoms with Crippen LogP contribution in [0.15, 0.2) is 54.6 Å².